The fraction of sp³-hybridized carbons (Fsp3) is 0.250. The van der Waals surface area contributed by atoms with Gasteiger partial charge < -0.3 is 4.90 Å². The fourth-order valence-corrected chi connectivity index (χ4v) is 3.47. The number of carbonyl (C=O) groups is 3. The second-order valence-corrected chi connectivity index (χ2v) is 7.29. The first-order valence-corrected chi connectivity index (χ1v) is 9.79. The van der Waals surface area contributed by atoms with Crippen molar-refractivity contribution in [1.29, 1.82) is 5.26 Å². The van der Waals surface area contributed by atoms with Crippen LogP contribution in [0.25, 0.3) is 0 Å². The molecule has 0 N–H and O–H groups in total. The lowest BCUT2D eigenvalue weighted by Gasteiger charge is -2.22. The number of rotatable bonds is 8. The van der Waals surface area contributed by atoms with E-state index in [0.717, 1.165) is 11.1 Å². The first kappa shape index (κ1) is 21.0. The minimum absolute atomic E-state index is 0.0771. The van der Waals surface area contributed by atoms with Gasteiger partial charge >= 0.3 is 0 Å². The van der Waals surface area contributed by atoms with Crippen LogP contribution in [0.2, 0.25) is 0 Å². The summed E-state index contributed by atoms with van der Waals surface area (Å²) in [4.78, 5) is 40.6. The lowest BCUT2D eigenvalue weighted by molar-refractivity contribution is -0.131. The molecule has 6 nitrogen and oxygen atoms in total. The van der Waals surface area contributed by atoms with Crippen LogP contribution in [0.5, 0.6) is 0 Å². The summed E-state index contributed by atoms with van der Waals surface area (Å²) in [6.45, 7) is 6.59. The molecule has 0 saturated heterocycles. The van der Waals surface area contributed by atoms with Gasteiger partial charge in [0.25, 0.3) is 11.8 Å². The summed E-state index contributed by atoms with van der Waals surface area (Å²) >= 11 is 0. The van der Waals surface area contributed by atoms with Crippen molar-refractivity contribution in [3.8, 4) is 6.07 Å². The van der Waals surface area contributed by atoms with Gasteiger partial charge in [0.2, 0.25) is 5.91 Å². The van der Waals surface area contributed by atoms with E-state index in [2.05, 4.69) is 12.6 Å². The van der Waals surface area contributed by atoms with E-state index < -0.39 is 0 Å². The molecule has 152 valence electrons. The van der Waals surface area contributed by atoms with Crippen LogP contribution in [0, 0.1) is 18.3 Å². The maximum atomic E-state index is 12.7. The Hall–Kier alpha value is -3.72. The molecule has 0 saturated carbocycles. The summed E-state index contributed by atoms with van der Waals surface area (Å²) in [5.41, 5.74) is 3.26. The lowest BCUT2D eigenvalue weighted by atomic mass is 10.1. The third-order valence-electron chi connectivity index (χ3n) is 5.06. The standard InChI is InChI=1S/C24H23N3O3/c1-3-12-26(16-19-9-7-18(15-25)8-10-19)22(28)5-4-13-27-23(29)20-11-6-17(2)14-21(20)24(27)30/h3,6-11,14H,1,4-5,12-13,16H2,2H3. The van der Waals surface area contributed by atoms with Crippen LogP contribution in [0.15, 0.2) is 55.1 Å². The number of aryl methyl sites for hydroxylation is 1. The van der Waals surface area contributed by atoms with Crippen molar-refractivity contribution < 1.29 is 14.4 Å². The zero-order valence-electron chi connectivity index (χ0n) is 16.9. The van der Waals surface area contributed by atoms with Crippen molar-refractivity contribution in [2.75, 3.05) is 13.1 Å². The second-order valence-electron chi connectivity index (χ2n) is 7.29. The Morgan fingerprint density at radius 1 is 1.13 bits per heavy atom. The zero-order chi connectivity index (χ0) is 21.7. The van der Waals surface area contributed by atoms with E-state index in [-0.39, 0.29) is 30.7 Å². The van der Waals surface area contributed by atoms with E-state index in [4.69, 9.17) is 5.26 Å². The average Bonchev–Trinajstić information content (AvgIpc) is 2.98. The molecule has 0 atom stereocenters. The van der Waals surface area contributed by atoms with Gasteiger partial charge in [-0.3, -0.25) is 19.3 Å². The van der Waals surface area contributed by atoms with Gasteiger partial charge in [0.1, 0.15) is 0 Å². The van der Waals surface area contributed by atoms with Crippen LogP contribution in [-0.4, -0.2) is 40.6 Å². The van der Waals surface area contributed by atoms with Crippen LogP contribution in [0.3, 0.4) is 0 Å². The van der Waals surface area contributed by atoms with E-state index in [9.17, 15) is 14.4 Å². The predicted octanol–water partition coefficient (Wildman–Crippen LogP) is 3.46. The number of fused-ring (bicyclic) bond motifs is 1. The van der Waals surface area contributed by atoms with Gasteiger partial charge in [-0.25, -0.2) is 0 Å². The lowest BCUT2D eigenvalue weighted by Crippen LogP contribution is -2.33. The highest BCUT2D eigenvalue weighted by molar-refractivity contribution is 6.21. The fourth-order valence-electron chi connectivity index (χ4n) is 3.47. The Labute approximate surface area is 176 Å². The maximum absolute atomic E-state index is 12.7. The maximum Gasteiger partial charge on any atom is 0.261 e. The smallest absolute Gasteiger partial charge is 0.261 e. The molecule has 0 fully saturated rings. The Morgan fingerprint density at radius 2 is 1.83 bits per heavy atom. The molecule has 3 rings (SSSR count). The molecule has 0 aromatic heterocycles. The van der Waals surface area contributed by atoms with E-state index in [1.807, 2.05) is 25.1 Å². The van der Waals surface area contributed by atoms with Crippen LogP contribution < -0.4 is 0 Å². The van der Waals surface area contributed by atoms with Gasteiger partial charge in [-0.2, -0.15) is 5.26 Å². The van der Waals surface area contributed by atoms with Crippen molar-refractivity contribution in [3.63, 3.8) is 0 Å². The third-order valence-corrected chi connectivity index (χ3v) is 5.06. The van der Waals surface area contributed by atoms with E-state index in [1.165, 1.54) is 4.90 Å². The summed E-state index contributed by atoms with van der Waals surface area (Å²) in [5.74, 6) is -0.679. The number of hydrogen-bond donors (Lipinski definition) is 0. The minimum Gasteiger partial charge on any atom is -0.335 e. The van der Waals surface area contributed by atoms with Crippen LogP contribution in [0.4, 0.5) is 0 Å². The Balaban J connectivity index is 1.58. The molecule has 0 bridgehead atoms. The molecule has 0 aliphatic carbocycles. The SMILES string of the molecule is C=CCN(Cc1ccc(C#N)cc1)C(=O)CCCN1C(=O)c2ccc(C)cc2C1=O. The normalized spacial score (nSPS) is 12.5. The van der Waals surface area contributed by atoms with Crippen LogP contribution in [-0.2, 0) is 11.3 Å². The van der Waals surface area contributed by atoms with Crippen LogP contribution in [0.1, 0.15) is 50.2 Å². The number of imide groups is 1. The first-order valence-electron chi connectivity index (χ1n) is 9.79. The molecular weight excluding hydrogens is 378 g/mol. The highest BCUT2D eigenvalue weighted by Crippen LogP contribution is 2.24. The van der Waals surface area contributed by atoms with Gasteiger partial charge in [-0.05, 0) is 43.2 Å². The number of carbonyl (C=O) groups excluding carboxylic acids is 3. The van der Waals surface area contributed by atoms with Gasteiger partial charge in [0.05, 0.1) is 22.8 Å². The molecule has 3 amide bonds. The molecule has 1 aliphatic rings. The molecule has 2 aromatic carbocycles. The highest BCUT2D eigenvalue weighted by Gasteiger charge is 2.35. The van der Waals surface area contributed by atoms with Gasteiger partial charge in [-0.1, -0.05) is 29.8 Å². The topological polar surface area (TPSA) is 81.5 Å². The van der Waals surface area contributed by atoms with Crippen molar-refractivity contribution in [1.82, 2.24) is 9.80 Å². The van der Waals surface area contributed by atoms with Gasteiger partial charge in [0, 0.05) is 26.1 Å². The highest BCUT2D eigenvalue weighted by atomic mass is 16.2. The Bertz CT molecular complexity index is 1030. The number of amides is 3. The minimum atomic E-state index is -0.303. The molecule has 30 heavy (non-hydrogen) atoms. The molecule has 0 unspecified atom stereocenters. The Morgan fingerprint density at radius 3 is 2.50 bits per heavy atom. The van der Waals surface area contributed by atoms with Gasteiger partial charge in [0.15, 0.2) is 0 Å². The zero-order valence-corrected chi connectivity index (χ0v) is 16.9. The summed E-state index contributed by atoms with van der Waals surface area (Å²) in [6, 6.07) is 14.4. The number of nitriles is 1. The number of hydrogen-bond acceptors (Lipinski definition) is 4. The van der Waals surface area contributed by atoms with E-state index in [0.29, 0.717) is 36.2 Å². The summed E-state index contributed by atoms with van der Waals surface area (Å²) < 4.78 is 0. The Kier molecular flexibility index (Phi) is 6.43. The first-order chi connectivity index (χ1) is 14.4. The number of nitrogens with zero attached hydrogens (tertiary/aromatic N) is 3. The molecular formula is C24H23N3O3. The molecule has 6 heteroatoms. The number of benzene rings is 2. The average molecular weight is 401 g/mol. The predicted molar refractivity (Wildman–Crippen MR) is 113 cm³/mol. The molecule has 0 spiro atoms. The molecule has 1 aliphatic heterocycles. The molecule has 0 radical (unpaired) electrons. The monoisotopic (exact) mass is 401 g/mol. The largest absolute Gasteiger partial charge is 0.335 e. The quantitative estimate of drug-likeness (QED) is 0.501. The van der Waals surface area contributed by atoms with Crippen molar-refractivity contribution in [2.24, 2.45) is 0 Å². The van der Waals surface area contributed by atoms with Crippen molar-refractivity contribution >= 4 is 17.7 Å². The summed E-state index contributed by atoms with van der Waals surface area (Å²) in [6.07, 6.45) is 2.27. The van der Waals surface area contributed by atoms with E-state index >= 15 is 0 Å². The van der Waals surface area contributed by atoms with Crippen LogP contribution >= 0.6 is 0 Å². The van der Waals surface area contributed by atoms with E-state index in [1.54, 1.807) is 35.2 Å². The summed E-state index contributed by atoms with van der Waals surface area (Å²) in [5, 5.41) is 8.90. The second kappa shape index (κ2) is 9.19. The molecule has 1 heterocycles. The van der Waals surface area contributed by atoms with Gasteiger partial charge in [-0.15, -0.1) is 6.58 Å². The van der Waals surface area contributed by atoms with Crippen molar-refractivity contribution in [2.45, 2.75) is 26.3 Å². The summed E-state index contributed by atoms with van der Waals surface area (Å²) in [7, 11) is 0. The van der Waals surface area contributed by atoms with Crippen molar-refractivity contribution in [3.05, 3.63) is 82.9 Å². The third kappa shape index (κ3) is 4.47. The molecule has 2 aromatic rings.